The lowest BCUT2D eigenvalue weighted by Crippen LogP contribution is -2.26. The summed E-state index contributed by atoms with van der Waals surface area (Å²) in [7, 11) is -2.29. The maximum Gasteiger partial charge on any atom is 0.306 e. The van der Waals surface area contributed by atoms with E-state index in [1.807, 2.05) is 0 Å². The molecule has 0 bridgehead atoms. The highest BCUT2D eigenvalue weighted by Crippen LogP contribution is 2.24. The molecule has 6 nitrogen and oxygen atoms in total. The molecule has 0 spiro atoms. The molecule has 0 radical (unpaired) electrons. The van der Waals surface area contributed by atoms with Gasteiger partial charge < -0.3 is 4.98 Å². The van der Waals surface area contributed by atoms with Gasteiger partial charge in [-0.2, -0.15) is 0 Å². The van der Waals surface area contributed by atoms with Crippen LogP contribution in [0.2, 0.25) is 0 Å². The third-order valence-corrected chi connectivity index (χ3v) is 5.75. The molecular formula is C10H11N3O3S2. The van der Waals surface area contributed by atoms with E-state index in [1.165, 1.54) is 13.2 Å². The Morgan fingerprint density at radius 1 is 1.44 bits per heavy atom. The summed E-state index contributed by atoms with van der Waals surface area (Å²) in [6, 6.07) is 3.28. The zero-order valence-electron chi connectivity index (χ0n) is 9.75. The molecule has 0 amide bonds. The summed E-state index contributed by atoms with van der Waals surface area (Å²) in [5.41, 5.74) is 0.790. The fourth-order valence-corrected chi connectivity index (χ4v) is 4.07. The minimum Gasteiger partial charge on any atom is -0.315 e. The molecule has 0 unspecified atom stereocenters. The van der Waals surface area contributed by atoms with Crippen LogP contribution in [0.25, 0.3) is 0 Å². The molecular weight excluding hydrogens is 274 g/mol. The van der Waals surface area contributed by atoms with E-state index in [4.69, 9.17) is 0 Å². The Labute approximate surface area is 108 Å². The van der Waals surface area contributed by atoms with Crippen molar-refractivity contribution in [3.05, 3.63) is 39.9 Å². The van der Waals surface area contributed by atoms with Crippen LogP contribution < -0.4 is 9.18 Å². The molecule has 8 heteroatoms. The Morgan fingerprint density at radius 2 is 2.17 bits per heavy atom. The summed E-state index contributed by atoms with van der Waals surface area (Å²) in [4.78, 5) is 17.1. The molecule has 96 valence electrons. The normalized spacial score (nSPS) is 11.4. The number of thiazole rings is 1. The molecule has 0 aliphatic rings. The van der Waals surface area contributed by atoms with Crippen LogP contribution in [0.1, 0.15) is 5.69 Å². The van der Waals surface area contributed by atoms with Crippen LogP contribution in [0.5, 0.6) is 0 Å². The lowest BCUT2D eigenvalue weighted by atomic mass is 10.4. The van der Waals surface area contributed by atoms with Gasteiger partial charge in [0.25, 0.3) is 10.0 Å². The first-order valence-corrected chi connectivity index (χ1v) is 7.27. The van der Waals surface area contributed by atoms with E-state index >= 15 is 0 Å². The van der Waals surface area contributed by atoms with Crippen LogP contribution >= 0.6 is 11.3 Å². The van der Waals surface area contributed by atoms with Gasteiger partial charge in [0.05, 0.1) is 11.9 Å². The number of pyridine rings is 1. The predicted octanol–water partition coefficient (Wildman–Crippen LogP) is 0.965. The quantitative estimate of drug-likeness (QED) is 0.910. The lowest BCUT2D eigenvalue weighted by molar-refractivity contribution is 0.595. The smallest absolute Gasteiger partial charge is 0.306 e. The van der Waals surface area contributed by atoms with Crippen molar-refractivity contribution < 1.29 is 8.42 Å². The molecule has 1 N–H and O–H groups in total. The van der Waals surface area contributed by atoms with Gasteiger partial charge in [0.15, 0.2) is 4.21 Å². The highest BCUT2D eigenvalue weighted by Gasteiger charge is 2.26. The van der Waals surface area contributed by atoms with Gasteiger partial charge in [-0.05, 0) is 19.1 Å². The summed E-state index contributed by atoms with van der Waals surface area (Å²) in [5, 5.41) is 0. The number of aromatic amines is 1. The molecule has 0 aliphatic heterocycles. The zero-order chi connectivity index (χ0) is 13.3. The molecule has 0 saturated heterocycles. The molecule has 0 fully saturated rings. The number of aryl methyl sites for hydroxylation is 1. The number of nitrogens with zero attached hydrogens (tertiary/aromatic N) is 2. The van der Waals surface area contributed by atoms with Gasteiger partial charge in [0.1, 0.15) is 0 Å². The Morgan fingerprint density at radius 3 is 2.67 bits per heavy atom. The predicted molar refractivity (Wildman–Crippen MR) is 69.5 cm³/mol. The summed E-state index contributed by atoms with van der Waals surface area (Å²) < 4.78 is 25.8. The van der Waals surface area contributed by atoms with Gasteiger partial charge in [0, 0.05) is 18.9 Å². The number of sulfonamides is 1. The first-order chi connectivity index (χ1) is 8.43. The largest absolute Gasteiger partial charge is 0.315 e. The second kappa shape index (κ2) is 4.54. The fourth-order valence-electron chi connectivity index (χ4n) is 1.44. The molecule has 2 rings (SSSR count). The zero-order valence-corrected chi connectivity index (χ0v) is 11.4. The standard InChI is InChI=1S/C10H11N3O3S2/c1-7-9(17-10(14)12-7)18(15,16)13(2)8-4-3-5-11-6-8/h3-6H,1-2H3,(H,12,14). The van der Waals surface area contributed by atoms with Gasteiger partial charge in [-0.3, -0.25) is 14.1 Å². The Hall–Kier alpha value is -1.67. The van der Waals surface area contributed by atoms with Crippen molar-refractivity contribution in [2.75, 3.05) is 11.4 Å². The van der Waals surface area contributed by atoms with Crippen LogP contribution in [0, 0.1) is 6.92 Å². The molecule has 0 aromatic carbocycles. The van der Waals surface area contributed by atoms with Gasteiger partial charge in [-0.25, -0.2) is 8.42 Å². The Bertz CT molecular complexity index is 703. The van der Waals surface area contributed by atoms with E-state index < -0.39 is 10.0 Å². The molecule has 18 heavy (non-hydrogen) atoms. The highest BCUT2D eigenvalue weighted by atomic mass is 32.2. The average molecular weight is 285 g/mol. The van der Waals surface area contributed by atoms with Crippen LogP contribution in [0.4, 0.5) is 5.69 Å². The second-order valence-electron chi connectivity index (χ2n) is 3.61. The first-order valence-electron chi connectivity index (χ1n) is 5.01. The average Bonchev–Trinajstić information content (AvgIpc) is 2.69. The third-order valence-electron chi connectivity index (χ3n) is 2.39. The van der Waals surface area contributed by atoms with Crippen molar-refractivity contribution in [2.45, 2.75) is 11.1 Å². The van der Waals surface area contributed by atoms with E-state index in [-0.39, 0.29) is 9.08 Å². The number of aromatic nitrogens is 2. The van der Waals surface area contributed by atoms with Gasteiger partial charge in [-0.1, -0.05) is 11.3 Å². The van der Waals surface area contributed by atoms with Gasteiger partial charge in [-0.15, -0.1) is 0 Å². The molecule has 2 heterocycles. The number of anilines is 1. The second-order valence-corrected chi connectivity index (χ2v) is 6.76. The summed E-state index contributed by atoms with van der Waals surface area (Å²) in [6.45, 7) is 1.56. The third kappa shape index (κ3) is 2.16. The van der Waals surface area contributed by atoms with Crippen molar-refractivity contribution in [1.82, 2.24) is 9.97 Å². The number of hydrogen-bond acceptors (Lipinski definition) is 5. The maximum atomic E-state index is 12.3. The fraction of sp³-hybridized carbons (Fsp3) is 0.200. The van der Waals surface area contributed by atoms with Crippen LogP contribution in [0.3, 0.4) is 0 Å². The minimum atomic E-state index is -3.72. The van der Waals surface area contributed by atoms with Crippen LogP contribution in [-0.2, 0) is 10.0 Å². The number of H-pyrrole nitrogens is 1. The van der Waals surface area contributed by atoms with E-state index in [0.717, 1.165) is 4.31 Å². The highest BCUT2D eigenvalue weighted by molar-refractivity contribution is 7.94. The van der Waals surface area contributed by atoms with Crippen molar-refractivity contribution in [1.29, 1.82) is 0 Å². The van der Waals surface area contributed by atoms with E-state index in [2.05, 4.69) is 9.97 Å². The van der Waals surface area contributed by atoms with E-state index in [9.17, 15) is 13.2 Å². The molecule has 2 aromatic heterocycles. The lowest BCUT2D eigenvalue weighted by Gasteiger charge is -2.17. The Balaban J connectivity index is 2.50. The first kappa shape index (κ1) is 12.8. The summed E-state index contributed by atoms with van der Waals surface area (Å²) in [6.07, 6.45) is 3.01. The molecule has 0 aliphatic carbocycles. The van der Waals surface area contributed by atoms with Crippen LogP contribution in [0.15, 0.2) is 33.5 Å². The van der Waals surface area contributed by atoms with Crippen molar-refractivity contribution >= 4 is 27.0 Å². The van der Waals surface area contributed by atoms with Crippen molar-refractivity contribution in [2.24, 2.45) is 0 Å². The SMILES string of the molecule is Cc1[nH]c(=O)sc1S(=O)(=O)N(C)c1cccnc1. The van der Waals surface area contributed by atoms with E-state index in [0.29, 0.717) is 22.7 Å². The minimum absolute atomic E-state index is 0.0267. The topological polar surface area (TPSA) is 83.1 Å². The van der Waals surface area contributed by atoms with Gasteiger partial charge in [0.2, 0.25) is 0 Å². The van der Waals surface area contributed by atoms with Crippen LogP contribution in [-0.4, -0.2) is 25.4 Å². The number of rotatable bonds is 3. The van der Waals surface area contributed by atoms with Crippen molar-refractivity contribution in [3.8, 4) is 0 Å². The molecule has 0 saturated carbocycles. The van der Waals surface area contributed by atoms with E-state index in [1.54, 1.807) is 25.3 Å². The maximum absolute atomic E-state index is 12.3. The monoisotopic (exact) mass is 285 g/mol. The summed E-state index contributed by atoms with van der Waals surface area (Å²) in [5.74, 6) is 0. The molecule has 0 atom stereocenters. The number of hydrogen-bond donors (Lipinski definition) is 1. The summed E-state index contributed by atoms with van der Waals surface area (Å²) >= 11 is 0.683. The Kier molecular flexibility index (Phi) is 3.22. The van der Waals surface area contributed by atoms with Gasteiger partial charge >= 0.3 is 4.87 Å². The molecule has 2 aromatic rings. The van der Waals surface area contributed by atoms with Crippen molar-refractivity contribution in [3.63, 3.8) is 0 Å². The number of nitrogens with one attached hydrogen (secondary N) is 1.